The summed E-state index contributed by atoms with van der Waals surface area (Å²) in [5.74, 6) is -1.42. The Morgan fingerprint density at radius 1 is 1.12 bits per heavy atom. The molecule has 1 saturated heterocycles. The van der Waals surface area contributed by atoms with Crippen molar-refractivity contribution in [2.75, 3.05) is 38.7 Å². The third-order valence-electron chi connectivity index (χ3n) is 9.06. The summed E-state index contributed by atoms with van der Waals surface area (Å²) in [6, 6.07) is 5.23. The number of amides is 2. The van der Waals surface area contributed by atoms with Crippen molar-refractivity contribution in [3.63, 3.8) is 0 Å². The summed E-state index contributed by atoms with van der Waals surface area (Å²) >= 11 is 3.96. The van der Waals surface area contributed by atoms with Crippen LogP contribution in [0.4, 0.5) is 0 Å². The predicted molar refractivity (Wildman–Crippen MR) is 209 cm³/mol. The molecule has 8 atom stereocenters. The minimum Gasteiger partial charge on any atom is -0.508 e. The number of aromatic hydroxyl groups is 1. The quantitative estimate of drug-likeness (QED) is 0.0435. The number of hydrogen-bond acceptors (Lipinski definition) is 21. The topological polar surface area (TPSA) is 394 Å². The van der Waals surface area contributed by atoms with Gasteiger partial charge in [-0.05, 0) is 18.2 Å². The SMILES string of the molecule is CC(C)(COP(=O)(O)OP(=O)(O)OC[C@H]1O[C@@H](N2CN=C3C(N)=NC=NC32c2cc3ccc(O)cc3oc2=O)[C@H](O)[C@@H]1OP(=O)(O)O)[C@@H](O)C(=O)NCCC(=O)NCCS. The Morgan fingerprint density at radius 3 is 2.50 bits per heavy atom. The van der Waals surface area contributed by atoms with E-state index >= 15 is 0 Å². The van der Waals surface area contributed by atoms with Gasteiger partial charge in [0.05, 0.1) is 25.4 Å². The van der Waals surface area contributed by atoms with Gasteiger partial charge in [-0.1, -0.05) is 13.8 Å². The van der Waals surface area contributed by atoms with Crippen LogP contribution in [-0.2, 0) is 51.6 Å². The molecule has 11 N–H and O–H groups in total. The molecule has 26 nitrogen and oxygen atoms in total. The maximum Gasteiger partial charge on any atom is 0.481 e. The maximum atomic E-state index is 13.5. The number of aliphatic hydroxyl groups excluding tert-OH is 2. The van der Waals surface area contributed by atoms with E-state index in [4.69, 9.17) is 28.5 Å². The lowest BCUT2D eigenvalue weighted by Gasteiger charge is -2.39. The van der Waals surface area contributed by atoms with E-state index in [0.29, 0.717) is 12.3 Å². The number of phenolic OH excluding ortho intramolecular Hbond substituents is 1. The molecular weight excluding hydrogens is 887 g/mol. The first-order valence-electron chi connectivity index (χ1n) is 17.4. The number of benzene rings is 1. The number of ether oxygens (including phenoxy) is 1. The van der Waals surface area contributed by atoms with E-state index in [1.165, 1.54) is 38.1 Å². The fourth-order valence-corrected chi connectivity index (χ4v) is 9.13. The van der Waals surface area contributed by atoms with E-state index < -0.39 is 103 Å². The van der Waals surface area contributed by atoms with Crippen molar-refractivity contribution >= 4 is 76.8 Å². The standard InChI is InChI=1S/C30H42N7O19P3S/c1-29(2,24(41)26(42)33-6-5-20(39)32-7-8-60)12-52-59(49,50)56-58(47,48)51-11-19-22(55-57(44,45)46)21(40)27(53-19)37-14-35-23-25(31)34-13-36-30(23,37)17-9-15-3-4-16(38)10-18(15)54-28(17)43/h3-4,9-10,13,19,21-22,24,27,38,40-41,60H,5-8,11-12,14H2,1-2H3,(H,32,39)(H,33,42)(H,47,48)(H,49,50)(H2,31,34,36)(H2,44,45,46)/t19-,21-,22-,24+,27-,30?/m1/s1. The molecule has 3 aliphatic heterocycles. The van der Waals surface area contributed by atoms with E-state index in [-0.39, 0.29) is 46.8 Å². The normalized spacial score (nSPS) is 25.8. The van der Waals surface area contributed by atoms with Crippen LogP contribution in [0.25, 0.3) is 11.0 Å². The number of aliphatic hydroxyl groups is 2. The Bertz CT molecular complexity index is 2270. The highest BCUT2D eigenvalue weighted by Gasteiger charge is 2.60. The second-order valence-corrected chi connectivity index (χ2v) is 18.6. The zero-order valence-corrected chi connectivity index (χ0v) is 35.0. The number of nitrogens with one attached hydrogen (secondary N) is 2. The summed E-state index contributed by atoms with van der Waals surface area (Å²) < 4.78 is 67.7. The Kier molecular flexibility index (Phi) is 14.7. The monoisotopic (exact) mass is 929 g/mol. The van der Waals surface area contributed by atoms with E-state index in [9.17, 15) is 63.0 Å². The highest BCUT2D eigenvalue weighted by atomic mass is 32.1. The second-order valence-electron chi connectivity index (χ2n) is 13.9. The fourth-order valence-electron chi connectivity index (χ4n) is 6.19. The van der Waals surface area contributed by atoms with Crippen LogP contribution in [0.5, 0.6) is 5.75 Å². The van der Waals surface area contributed by atoms with Crippen molar-refractivity contribution < 1.29 is 85.2 Å². The molecule has 0 saturated carbocycles. The highest BCUT2D eigenvalue weighted by Crippen LogP contribution is 2.61. The number of thiol groups is 1. The summed E-state index contributed by atoms with van der Waals surface area (Å²) in [5.41, 5.74) is 0.979. The van der Waals surface area contributed by atoms with Gasteiger partial charge in [-0.2, -0.15) is 16.9 Å². The average molecular weight is 930 g/mol. The summed E-state index contributed by atoms with van der Waals surface area (Å²) in [5, 5.41) is 37.0. The number of hydrogen-bond donors (Lipinski definition) is 11. The number of carbonyl (C=O) groups excluding carboxylic acids is 2. The first-order valence-corrected chi connectivity index (χ1v) is 22.6. The van der Waals surface area contributed by atoms with E-state index in [0.717, 1.165) is 11.2 Å². The second kappa shape index (κ2) is 18.5. The van der Waals surface area contributed by atoms with Crippen LogP contribution < -0.4 is 22.0 Å². The predicted octanol–water partition coefficient (Wildman–Crippen LogP) is -1.48. The molecular formula is C30H42N7O19P3S. The number of carbonyl (C=O) groups is 2. The lowest BCUT2D eigenvalue weighted by atomic mass is 9.87. The fraction of sp³-hybridized carbons (Fsp3) is 0.533. The molecule has 2 amide bonds. The number of nitrogens with zero attached hydrogens (tertiary/aromatic N) is 4. The maximum absolute atomic E-state index is 13.5. The molecule has 1 aromatic heterocycles. The van der Waals surface area contributed by atoms with Crippen molar-refractivity contribution in [3.8, 4) is 5.75 Å². The first kappa shape index (κ1) is 47.6. The number of nitrogens with two attached hydrogens (primary N) is 1. The van der Waals surface area contributed by atoms with Gasteiger partial charge in [0.25, 0.3) is 0 Å². The van der Waals surface area contributed by atoms with Crippen molar-refractivity contribution in [3.05, 3.63) is 40.2 Å². The molecule has 0 aliphatic carbocycles. The minimum atomic E-state index is -5.69. The van der Waals surface area contributed by atoms with E-state index in [1.54, 1.807) is 0 Å². The molecule has 2 aromatic rings. The largest absolute Gasteiger partial charge is 0.508 e. The molecule has 1 aromatic carbocycles. The van der Waals surface area contributed by atoms with Gasteiger partial charge in [0.1, 0.15) is 54.0 Å². The first-order chi connectivity index (χ1) is 27.9. The summed E-state index contributed by atoms with van der Waals surface area (Å²) in [7, 11) is -16.7. The van der Waals surface area contributed by atoms with Crippen LogP contribution in [0.15, 0.2) is 48.5 Å². The molecule has 4 heterocycles. The summed E-state index contributed by atoms with van der Waals surface area (Å²) in [6.45, 7) is -0.0182. The lowest BCUT2D eigenvalue weighted by molar-refractivity contribution is -0.137. The van der Waals surface area contributed by atoms with Gasteiger partial charge >= 0.3 is 29.1 Å². The van der Waals surface area contributed by atoms with Crippen LogP contribution in [-0.4, -0.2) is 139 Å². The van der Waals surface area contributed by atoms with Gasteiger partial charge in [0.15, 0.2) is 11.5 Å². The number of fused-ring (bicyclic) bond motifs is 2. The van der Waals surface area contributed by atoms with E-state index in [1.807, 2.05) is 0 Å². The Hall–Kier alpha value is -3.46. The van der Waals surface area contributed by atoms with Crippen LogP contribution >= 0.6 is 36.1 Å². The number of aliphatic imine (C=N–C) groups is 3. The van der Waals surface area contributed by atoms with Crippen LogP contribution in [0.3, 0.4) is 0 Å². The molecule has 0 bridgehead atoms. The van der Waals surface area contributed by atoms with Gasteiger partial charge in [0.2, 0.25) is 11.8 Å². The molecule has 0 radical (unpaired) electrons. The van der Waals surface area contributed by atoms with Crippen LogP contribution in [0, 0.1) is 5.41 Å². The van der Waals surface area contributed by atoms with Gasteiger partial charge in [-0.25, -0.2) is 33.4 Å². The minimum absolute atomic E-state index is 0.0222. The van der Waals surface area contributed by atoms with Gasteiger partial charge in [-0.15, -0.1) is 0 Å². The molecule has 1 fully saturated rings. The van der Waals surface area contributed by atoms with Gasteiger partial charge in [0, 0.05) is 42.1 Å². The third-order valence-corrected chi connectivity index (χ3v) is 12.4. The molecule has 3 unspecified atom stereocenters. The van der Waals surface area contributed by atoms with E-state index in [2.05, 4.69) is 42.6 Å². The highest BCUT2D eigenvalue weighted by molar-refractivity contribution is 7.80. The lowest BCUT2D eigenvalue weighted by Crippen LogP contribution is -2.59. The number of phosphoric ester groups is 3. The van der Waals surface area contributed by atoms with Crippen molar-refractivity contribution in [2.24, 2.45) is 26.1 Å². The zero-order chi connectivity index (χ0) is 44.4. The molecule has 3 aliphatic rings. The molecule has 30 heteroatoms. The smallest absolute Gasteiger partial charge is 0.481 e. The average Bonchev–Trinajstić information content (AvgIpc) is 3.68. The number of phenols is 1. The summed E-state index contributed by atoms with van der Waals surface area (Å²) in [6.07, 6.45) is -8.90. The van der Waals surface area contributed by atoms with Crippen LogP contribution in [0.1, 0.15) is 25.8 Å². The van der Waals surface area contributed by atoms with Crippen molar-refractivity contribution in [1.82, 2.24) is 15.5 Å². The molecule has 332 valence electrons. The van der Waals surface area contributed by atoms with Crippen LogP contribution in [0.2, 0.25) is 0 Å². The van der Waals surface area contributed by atoms with Crippen molar-refractivity contribution in [2.45, 2.75) is 56.6 Å². The number of phosphoric acid groups is 3. The third kappa shape index (κ3) is 10.9. The molecule has 0 spiro atoms. The van der Waals surface area contributed by atoms with Gasteiger partial charge in [-0.3, -0.25) is 28.2 Å². The number of rotatable bonds is 19. The Morgan fingerprint density at radius 2 is 1.82 bits per heavy atom. The number of amidine groups is 1. The van der Waals surface area contributed by atoms with Crippen molar-refractivity contribution in [1.29, 1.82) is 0 Å². The Balaban J connectivity index is 1.29. The van der Waals surface area contributed by atoms with Gasteiger partial charge < -0.3 is 60.4 Å². The Labute approximate surface area is 344 Å². The molecule has 5 rings (SSSR count). The zero-order valence-electron chi connectivity index (χ0n) is 31.4. The molecule has 60 heavy (non-hydrogen) atoms. The summed E-state index contributed by atoms with van der Waals surface area (Å²) in [4.78, 5) is 91.5.